The van der Waals surface area contributed by atoms with Crippen molar-refractivity contribution in [2.24, 2.45) is 0 Å². The summed E-state index contributed by atoms with van der Waals surface area (Å²) < 4.78 is 11.9. The highest BCUT2D eigenvalue weighted by atomic mass is 79.9. The van der Waals surface area contributed by atoms with E-state index in [4.69, 9.17) is 9.26 Å². The van der Waals surface area contributed by atoms with E-state index in [1.54, 1.807) is 0 Å². The molecule has 1 N–H and O–H groups in total. The Kier molecular flexibility index (Phi) is 4.38. The Morgan fingerprint density at radius 3 is 2.89 bits per heavy atom. The lowest BCUT2D eigenvalue weighted by atomic mass is 10.2. The fourth-order valence-corrected chi connectivity index (χ4v) is 2.06. The van der Waals surface area contributed by atoms with Crippen molar-refractivity contribution in [3.63, 3.8) is 0 Å². The molecule has 0 saturated heterocycles. The predicted molar refractivity (Wildman–Crippen MR) is 72.5 cm³/mol. The number of rotatable bonds is 5. The van der Waals surface area contributed by atoms with E-state index in [1.807, 2.05) is 38.2 Å². The summed E-state index contributed by atoms with van der Waals surface area (Å²) in [6, 6.07) is 7.81. The number of ether oxygens (including phenoxy) is 1. The van der Waals surface area contributed by atoms with Gasteiger partial charge in [-0.3, -0.25) is 0 Å². The van der Waals surface area contributed by atoms with Gasteiger partial charge in [0.2, 0.25) is 0 Å². The van der Waals surface area contributed by atoms with Crippen LogP contribution in [0.15, 0.2) is 33.3 Å². The zero-order valence-electron chi connectivity index (χ0n) is 10.4. The van der Waals surface area contributed by atoms with Crippen LogP contribution in [0, 0.1) is 6.92 Å². The Bertz CT molecular complexity index is 525. The first-order chi connectivity index (χ1) is 8.69. The van der Waals surface area contributed by atoms with Crippen molar-refractivity contribution in [3.8, 4) is 5.75 Å². The van der Waals surface area contributed by atoms with Crippen molar-refractivity contribution in [1.29, 1.82) is 0 Å². The Balaban J connectivity index is 2.08. The van der Waals surface area contributed by atoms with Crippen LogP contribution in [0.25, 0.3) is 0 Å². The van der Waals surface area contributed by atoms with Crippen molar-refractivity contribution in [3.05, 3.63) is 45.8 Å². The molecule has 0 unspecified atom stereocenters. The Hall–Kier alpha value is -1.33. The second kappa shape index (κ2) is 6.02. The average Bonchev–Trinajstić information content (AvgIpc) is 2.75. The first-order valence-corrected chi connectivity index (χ1v) is 6.46. The van der Waals surface area contributed by atoms with Gasteiger partial charge in [-0.2, -0.15) is 0 Å². The minimum atomic E-state index is 0.388. The molecule has 18 heavy (non-hydrogen) atoms. The van der Waals surface area contributed by atoms with Crippen molar-refractivity contribution in [2.75, 3.05) is 7.05 Å². The van der Waals surface area contributed by atoms with Crippen LogP contribution < -0.4 is 10.1 Å². The molecule has 0 atom stereocenters. The van der Waals surface area contributed by atoms with Gasteiger partial charge in [0.25, 0.3) is 0 Å². The molecular weight excluding hydrogens is 296 g/mol. The van der Waals surface area contributed by atoms with E-state index in [9.17, 15) is 0 Å². The van der Waals surface area contributed by atoms with Gasteiger partial charge in [0.1, 0.15) is 12.4 Å². The van der Waals surface area contributed by atoms with E-state index < -0.39 is 0 Å². The largest absolute Gasteiger partial charge is 0.485 e. The van der Waals surface area contributed by atoms with E-state index in [-0.39, 0.29) is 0 Å². The molecule has 0 aliphatic heterocycles. The van der Waals surface area contributed by atoms with Gasteiger partial charge in [0, 0.05) is 22.6 Å². The molecule has 4 nitrogen and oxygen atoms in total. The summed E-state index contributed by atoms with van der Waals surface area (Å²) in [5, 5.41) is 6.94. The molecule has 0 spiro atoms. The third-order valence-electron chi connectivity index (χ3n) is 2.44. The zero-order valence-corrected chi connectivity index (χ0v) is 12.0. The maximum absolute atomic E-state index is 5.75. The van der Waals surface area contributed by atoms with Crippen molar-refractivity contribution < 1.29 is 9.26 Å². The van der Waals surface area contributed by atoms with Crippen LogP contribution in [0.4, 0.5) is 0 Å². The van der Waals surface area contributed by atoms with E-state index in [0.29, 0.717) is 6.61 Å². The second-order valence-corrected chi connectivity index (χ2v) is 4.92. The molecule has 0 radical (unpaired) electrons. The van der Waals surface area contributed by atoms with Crippen LogP contribution in [0.1, 0.15) is 17.0 Å². The van der Waals surface area contributed by atoms with Crippen LogP contribution in [0.3, 0.4) is 0 Å². The van der Waals surface area contributed by atoms with Gasteiger partial charge in [-0.1, -0.05) is 21.1 Å². The van der Waals surface area contributed by atoms with Gasteiger partial charge in [-0.15, -0.1) is 0 Å². The lowest BCUT2D eigenvalue weighted by Crippen LogP contribution is -2.07. The molecule has 0 amide bonds. The highest BCUT2D eigenvalue weighted by molar-refractivity contribution is 9.10. The molecule has 0 aliphatic carbocycles. The lowest BCUT2D eigenvalue weighted by molar-refractivity contribution is 0.246. The Labute approximate surface area is 114 Å². The summed E-state index contributed by atoms with van der Waals surface area (Å²) in [7, 11) is 1.91. The quantitative estimate of drug-likeness (QED) is 0.922. The molecule has 0 fully saturated rings. The number of nitrogens with zero attached hydrogens (tertiary/aromatic N) is 1. The summed E-state index contributed by atoms with van der Waals surface area (Å²) >= 11 is 3.45. The van der Waals surface area contributed by atoms with Crippen LogP contribution in [-0.4, -0.2) is 12.2 Å². The maximum atomic E-state index is 5.75. The number of hydrogen-bond acceptors (Lipinski definition) is 4. The molecule has 1 aromatic heterocycles. The number of halogens is 1. The first kappa shape index (κ1) is 13.1. The average molecular weight is 311 g/mol. The highest BCUT2D eigenvalue weighted by Crippen LogP contribution is 2.24. The molecule has 2 aromatic rings. The van der Waals surface area contributed by atoms with Gasteiger partial charge in [-0.05, 0) is 32.2 Å². The molecule has 5 heteroatoms. The smallest absolute Gasteiger partial charge is 0.174 e. The van der Waals surface area contributed by atoms with Crippen LogP contribution in [0.5, 0.6) is 5.75 Å². The number of benzene rings is 1. The normalized spacial score (nSPS) is 10.6. The molecule has 1 heterocycles. The molecule has 1 aromatic carbocycles. The SMILES string of the molecule is CNCc1cc(Br)ccc1OCc1cc(C)no1. The van der Waals surface area contributed by atoms with E-state index in [2.05, 4.69) is 26.4 Å². The molecule has 0 aliphatic rings. The van der Waals surface area contributed by atoms with Gasteiger partial charge in [0.05, 0.1) is 5.69 Å². The zero-order chi connectivity index (χ0) is 13.0. The number of aromatic nitrogens is 1. The summed E-state index contributed by atoms with van der Waals surface area (Å²) in [6.45, 7) is 3.03. The van der Waals surface area contributed by atoms with E-state index in [0.717, 1.165) is 33.8 Å². The van der Waals surface area contributed by atoms with Crippen molar-refractivity contribution >= 4 is 15.9 Å². The van der Waals surface area contributed by atoms with Gasteiger partial charge in [0.15, 0.2) is 5.76 Å². The summed E-state index contributed by atoms with van der Waals surface area (Å²) in [5.74, 6) is 1.58. The van der Waals surface area contributed by atoms with Crippen molar-refractivity contribution in [1.82, 2.24) is 10.5 Å². The van der Waals surface area contributed by atoms with Crippen LogP contribution in [0.2, 0.25) is 0 Å². The predicted octanol–water partition coefficient (Wildman–Crippen LogP) is 3.04. The maximum Gasteiger partial charge on any atom is 0.174 e. The lowest BCUT2D eigenvalue weighted by Gasteiger charge is -2.10. The van der Waals surface area contributed by atoms with E-state index in [1.165, 1.54) is 0 Å². The number of aryl methyl sites for hydroxylation is 1. The first-order valence-electron chi connectivity index (χ1n) is 5.67. The summed E-state index contributed by atoms with van der Waals surface area (Å²) in [6.07, 6.45) is 0. The van der Waals surface area contributed by atoms with E-state index >= 15 is 0 Å². The standard InChI is InChI=1S/C13H15BrN2O2/c1-9-5-12(18-16-9)8-17-13-4-3-11(14)6-10(13)7-15-2/h3-6,15H,7-8H2,1-2H3. The molecule has 96 valence electrons. The molecule has 2 rings (SSSR count). The minimum absolute atomic E-state index is 0.388. The molecule has 0 bridgehead atoms. The summed E-state index contributed by atoms with van der Waals surface area (Å²) in [5.41, 5.74) is 1.96. The monoisotopic (exact) mass is 310 g/mol. The topological polar surface area (TPSA) is 47.3 Å². The van der Waals surface area contributed by atoms with Gasteiger partial charge >= 0.3 is 0 Å². The Morgan fingerprint density at radius 1 is 1.39 bits per heavy atom. The van der Waals surface area contributed by atoms with Gasteiger partial charge < -0.3 is 14.6 Å². The summed E-state index contributed by atoms with van der Waals surface area (Å²) in [4.78, 5) is 0. The number of nitrogens with one attached hydrogen (secondary N) is 1. The fourth-order valence-electron chi connectivity index (χ4n) is 1.65. The van der Waals surface area contributed by atoms with Crippen molar-refractivity contribution in [2.45, 2.75) is 20.1 Å². The highest BCUT2D eigenvalue weighted by Gasteiger charge is 2.06. The third kappa shape index (κ3) is 3.34. The van der Waals surface area contributed by atoms with Gasteiger partial charge in [-0.25, -0.2) is 0 Å². The Morgan fingerprint density at radius 2 is 2.22 bits per heavy atom. The molecular formula is C13H15BrN2O2. The van der Waals surface area contributed by atoms with Crippen LogP contribution >= 0.6 is 15.9 Å². The minimum Gasteiger partial charge on any atom is -0.485 e. The second-order valence-electron chi connectivity index (χ2n) is 4.01. The fraction of sp³-hybridized carbons (Fsp3) is 0.308. The number of hydrogen-bond donors (Lipinski definition) is 1. The van der Waals surface area contributed by atoms with Crippen LogP contribution in [-0.2, 0) is 13.2 Å². The third-order valence-corrected chi connectivity index (χ3v) is 2.93. The molecule has 0 saturated carbocycles.